The first-order chi connectivity index (χ1) is 20.8. The van der Waals surface area contributed by atoms with Gasteiger partial charge in [-0.2, -0.15) is 0 Å². The first-order valence-electron chi connectivity index (χ1n) is 14.5. The summed E-state index contributed by atoms with van der Waals surface area (Å²) in [7, 11) is 0. The second kappa shape index (κ2) is 12.7. The van der Waals surface area contributed by atoms with E-state index in [4.69, 9.17) is 15.2 Å². The molecule has 0 amide bonds. The molecule has 0 bridgehead atoms. The molecule has 2 fully saturated rings. The predicted octanol–water partition coefficient (Wildman–Crippen LogP) is 4.75. The first kappa shape index (κ1) is 29.2. The minimum Gasteiger partial charge on any atom is -0.477 e. The predicted molar refractivity (Wildman–Crippen MR) is 161 cm³/mol. The monoisotopic (exact) mass is 592 g/mol. The van der Waals surface area contributed by atoms with Gasteiger partial charge in [-0.25, -0.2) is 18.2 Å². The number of halogens is 3. The Morgan fingerprint density at radius 3 is 2.35 bits per heavy atom. The Bertz CT molecular complexity index is 1470. The van der Waals surface area contributed by atoms with Crippen molar-refractivity contribution in [3.05, 3.63) is 95.1 Å². The van der Waals surface area contributed by atoms with E-state index >= 15 is 0 Å². The Labute approximate surface area is 249 Å². The third kappa shape index (κ3) is 6.69. The number of pyridine rings is 1. The average molecular weight is 593 g/mol. The summed E-state index contributed by atoms with van der Waals surface area (Å²) < 4.78 is 52.2. The molecule has 11 heteroatoms. The van der Waals surface area contributed by atoms with Crippen LogP contribution in [-0.2, 0) is 15.9 Å². The number of ether oxygens (including phenoxy) is 2. The second-order valence-electron chi connectivity index (χ2n) is 11.0. The quantitative estimate of drug-likeness (QED) is 0.405. The van der Waals surface area contributed by atoms with Crippen LogP contribution in [0.25, 0.3) is 5.70 Å². The summed E-state index contributed by atoms with van der Waals surface area (Å²) in [5, 5.41) is 0. The lowest BCUT2D eigenvalue weighted by Gasteiger charge is -2.43. The third-order valence-corrected chi connectivity index (χ3v) is 8.04. The molecule has 8 nitrogen and oxygen atoms in total. The van der Waals surface area contributed by atoms with E-state index in [1.807, 2.05) is 0 Å². The van der Waals surface area contributed by atoms with Crippen LogP contribution in [0.15, 0.2) is 71.7 Å². The van der Waals surface area contributed by atoms with Crippen LogP contribution in [-0.4, -0.2) is 74.1 Å². The van der Waals surface area contributed by atoms with Crippen LogP contribution in [0.1, 0.15) is 28.9 Å². The van der Waals surface area contributed by atoms with Crippen LogP contribution in [0, 0.1) is 12.7 Å². The van der Waals surface area contributed by atoms with E-state index in [2.05, 4.69) is 44.0 Å². The SMILES string of the molecule is Cc1cc(N2C(c3ccc(F)cc3)=CC(OCCc3ccc(N4CCN(C5COC5)CC4)cc3)=NC2N)cc(C(F)F)n1. The van der Waals surface area contributed by atoms with Crippen molar-refractivity contribution in [1.29, 1.82) is 0 Å². The van der Waals surface area contributed by atoms with E-state index in [1.54, 1.807) is 36.1 Å². The topological polar surface area (TPSA) is 79.5 Å². The zero-order valence-electron chi connectivity index (χ0n) is 24.0. The molecule has 0 radical (unpaired) electrons. The van der Waals surface area contributed by atoms with Gasteiger partial charge >= 0.3 is 0 Å². The summed E-state index contributed by atoms with van der Waals surface area (Å²) >= 11 is 0. The fraction of sp³-hybridized carbons (Fsp3) is 0.375. The molecule has 3 aliphatic rings. The molecule has 43 heavy (non-hydrogen) atoms. The summed E-state index contributed by atoms with van der Waals surface area (Å²) in [5.74, 6) is -0.0766. The number of aromatic nitrogens is 1. The van der Waals surface area contributed by atoms with Crippen molar-refractivity contribution < 1.29 is 22.6 Å². The lowest BCUT2D eigenvalue weighted by molar-refractivity contribution is -0.0660. The largest absolute Gasteiger partial charge is 0.477 e. The molecular formula is C32H35F3N6O2. The van der Waals surface area contributed by atoms with Gasteiger partial charge in [0.1, 0.15) is 11.5 Å². The summed E-state index contributed by atoms with van der Waals surface area (Å²) in [6.07, 6.45) is -1.34. The maximum Gasteiger partial charge on any atom is 0.280 e. The van der Waals surface area contributed by atoms with E-state index in [1.165, 1.54) is 23.9 Å². The number of alkyl halides is 2. The lowest BCUT2D eigenvalue weighted by Crippen LogP contribution is -2.56. The van der Waals surface area contributed by atoms with Crippen molar-refractivity contribution in [2.24, 2.45) is 10.7 Å². The molecule has 226 valence electrons. The molecule has 1 atom stereocenters. The zero-order chi connectivity index (χ0) is 29.9. The first-order valence-corrected chi connectivity index (χ1v) is 14.5. The smallest absolute Gasteiger partial charge is 0.280 e. The van der Waals surface area contributed by atoms with E-state index in [0.717, 1.165) is 45.0 Å². The Balaban J connectivity index is 1.12. The van der Waals surface area contributed by atoms with Gasteiger partial charge in [0, 0.05) is 55.7 Å². The van der Waals surface area contributed by atoms with Gasteiger partial charge in [-0.3, -0.25) is 15.6 Å². The Kier molecular flexibility index (Phi) is 8.64. The van der Waals surface area contributed by atoms with Gasteiger partial charge < -0.3 is 19.3 Å². The summed E-state index contributed by atoms with van der Waals surface area (Å²) in [4.78, 5) is 15.0. The van der Waals surface area contributed by atoms with Crippen LogP contribution < -0.4 is 15.5 Å². The summed E-state index contributed by atoms with van der Waals surface area (Å²) in [5.41, 5.74) is 10.5. The molecule has 1 aromatic heterocycles. The van der Waals surface area contributed by atoms with Gasteiger partial charge in [0.25, 0.3) is 6.43 Å². The highest BCUT2D eigenvalue weighted by Gasteiger charge is 2.29. The molecule has 3 aliphatic heterocycles. The fourth-order valence-corrected chi connectivity index (χ4v) is 5.62. The molecule has 6 rings (SSSR count). The van der Waals surface area contributed by atoms with Crippen molar-refractivity contribution in [3.8, 4) is 0 Å². The number of hydrogen-bond acceptors (Lipinski definition) is 8. The molecular weight excluding hydrogens is 557 g/mol. The third-order valence-electron chi connectivity index (χ3n) is 8.04. The fourth-order valence-electron chi connectivity index (χ4n) is 5.62. The van der Waals surface area contributed by atoms with E-state index in [-0.39, 0.29) is 5.69 Å². The number of piperazine rings is 1. The lowest BCUT2D eigenvalue weighted by atomic mass is 10.1. The highest BCUT2D eigenvalue weighted by atomic mass is 19.3. The molecule has 1 unspecified atom stereocenters. The van der Waals surface area contributed by atoms with Crippen molar-refractivity contribution in [1.82, 2.24) is 9.88 Å². The van der Waals surface area contributed by atoms with E-state index < -0.39 is 18.5 Å². The number of anilines is 2. The van der Waals surface area contributed by atoms with Crippen molar-refractivity contribution in [2.45, 2.75) is 32.1 Å². The Morgan fingerprint density at radius 2 is 1.70 bits per heavy atom. The van der Waals surface area contributed by atoms with Crippen molar-refractivity contribution in [3.63, 3.8) is 0 Å². The number of hydrogen-bond donors (Lipinski definition) is 1. The Hall–Kier alpha value is -3.93. The van der Waals surface area contributed by atoms with Crippen LogP contribution in [0.4, 0.5) is 24.5 Å². The van der Waals surface area contributed by atoms with Crippen LogP contribution >= 0.6 is 0 Å². The van der Waals surface area contributed by atoms with E-state index in [0.29, 0.717) is 47.6 Å². The molecule has 3 aromatic rings. The standard InChI is InChI=1S/C32H35F3N6O2/c1-21-16-26(17-28(37-21)31(34)35)41-29(23-4-6-24(33)7-5-23)18-30(38-32(41)36)43-15-10-22-2-8-25(9-3-22)39-11-13-40(14-12-39)27-19-42-20-27/h2-9,16-18,27,31-32H,10-15,19-20,36H2,1H3. The molecule has 2 saturated heterocycles. The van der Waals surface area contributed by atoms with Crippen molar-refractivity contribution in [2.75, 3.05) is 55.8 Å². The molecule has 2 N–H and O–H groups in total. The van der Waals surface area contributed by atoms with Gasteiger partial charge in [0.2, 0.25) is 5.90 Å². The van der Waals surface area contributed by atoms with Gasteiger partial charge in [0.15, 0.2) is 6.29 Å². The zero-order valence-corrected chi connectivity index (χ0v) is 24.0. The number of aryl methyl sites for hydroxylation is 1. The maximum absolute atomic E-state index is 13.7. The van der Waals surface area contributed by atoms with Crippen LogP contribution in [0.5, 0.6) is 0 Å². The van der Waals surface area contributed by atoms with Gasteiger partial charge in [-0.1, -0.05) is 12.1 Å². The number of rotatable bonds is 8. The Morgan fingerprint density at radius 1 is 0.977 bits per heavy atom. The van der Waals surface area contributed by atoms with Gasteiger partial charge in [0.05, 0.1) is 31.6 Å². The minimum atomic E-state index is -2.74. The normalized spacial score (nSPS) is 19.7. The molecule has 4 heterocycles. The highest BCUT2D eigenvalue weighted by molar-refractivity contribution is 6.00. The van der Waals surface area contributed by atoms with Crippen LogP contribution in [0.2, 0.25) is 0 Å². The van der Waals surface area contributed by atoms with Crippen LogP contribution in [0.3, 0.4) is 0 Å². The number of nitrogens with two attached hydrogens (primary N) is 1. The maximum atomic E-state index is 13.7. The second-order valence-corrected chi connectivity index (χ2v) is 11.0. The number of benzene rings is 2. The molecule has 0 saturated carbocycles. The van der Waals surface area contributed by atoms with Gasteiger partial charge in [-0.15, -0.1) is 0 Å². The molecule has 0 spiro atoms. The average Bonchev–Trinajstić information content (AvgIpc) is 2.97. The van der Waals surface area contributed by atoms with Gasteiger partial charge in [-0.05, 0) is 66.6 Å². The van der Waals surface area contributed by atoms with Crippen molar-refractivity contribution >= 4 is 23.0 Å². The summed E-state index contributed by atoms with van der Waals surface area (Å²) in [6.45, 7) is 7.81. The number of aliphatic imine (C=N–C) groups is 1. The molecule has 0 aliphatic carbocycles. The minimum absolute atomic E-state index is 0.314. The highest BCUT2D eigenvalue weighted by Crippen LogP contribution is 2.33. The summed E-state index contributed by atoms with van der Waals surface area (Å²) in [6, 6.07) is 18.0. The molecule has 2 aromatic carbocycles. The van der Waals surface area contributed by atoms with E-state index in [9.17, 15) is 13.2 Å². The number of nitrogens with zero attached hydrogens (tertiary/aromatic N) is 5.